The molecule has 0 aliphatic carbocycles. The van der Waals surface area contributed by atoms with E-state index in [1.165, 1.54) is 22.7 Å². The number of alkyl carbamates (subject to hydrolysis) is 2. The first-order chi connectivity index (χ1) is 22.1. The van der Waals surface area contributed by atoms with Gasteiger partial charge in [0.15, 0.2) is 0 Å². The maximum atomic E-state index is 13.0. The Morgan fingerprint density at radius 3 is 1.67 bits per heavy atom. The molecule has 45 heavy (non-hydrogen) atoms. The highest BCUT2D eigenvalue weighted by atomic mass is 32.1. The van der Waals surface area contributed by atoms with Gasteiger partial charge in [-0.05, 0) is 24.0 Å². The molecule has 0 radical (unpaired) electrons. The number of nitrogens with one attached hydrogen (secondary N) is 3. The van der Waals surface area contributed by atoms with Crippen LogP contribution in [0.3, 0.4) is 0 Å². The van der Waals surface area contributed by atoms with E-state index in [1.54, 1.807) is 35.9 Å². The fraction of sp³-hybridized carbons (Fsp3) is 0.281. The Labute approximate surface area is 269 Å². The zero-order valence-corrected chi connectivity index (χ0v) is 26.2. The number of aromatic amines is 1. The van der Waals surface area contributed by atoms with Gasteiger partial charge < -0.3 is 25.1 Å². The smallest absolute Gasteiger partial charge is 0.407 e. The molecule has 234 valence electrons. The predicted octanol–water partition coefficient (Wildman–Crippen LogP) is 5.20. The lowest BCUT2D eigenvalue weighted by Crippen LogP contribution is -2.50. The summed E-state index contributed by atoms with van der Waals surface area (Å²) in [5.41, 5.74) is 6.48. The normalized spacial score (nSPS) is 12.4. The molecule has 0 saturated carbocycles. The summed E-state index contributed by atoms with van der Waals surface area (Å²) >= 11 is 2.87. The zero-order valence-electron chi connectivity index (χ0n) is 24.6. The van der Waals surface area contributed by atoms with Gasteiger partial charge in [0.25, 0.3) is 0 Å². The third kappa shape index (κ3) is 11.1. The van der Waals surface area contributed by atoms with Gasteiger partial charge in [-0.1, -0.05) is 60.7 Å². The number of ether oxygens (including phenoxy) is 2. The molecule has 2 atom stereocenters. The van der Waals surface area contributed by atoms with Crippen molar-refractivity contribution in [2.75, 3.05) is 13.1 Å². The van der Waals surface area contributed by atoms with Crippen LogP contribution >= 0.6 is 22.7 Å². The molecule has 13 heteroatoms. The van der Waals surface area contributed by atoms with Gasteiger partial charge in [-0.3, -0.25) is 14.9 Å². The largest absolute Gasteiger partial charge is 0.444 e. The van der Waals surface area contributed by atoms with Crippen LogP contribution in [0.2, 0.25) is 0 Å². The third-order valence-electron chi connectivity index (χ3n) is 6.86. The quantitative estimate of drug-likeness (QED) is 0.133. The van der Waals surface area contributed by atoms with E-state index in [4.69, 9.17) is 9.47 Å². The zero-order chi connectivity index (χ0) is 31.1. The SMILES string of the molecule is O=C(N[C@@H](Cc1ccccc1)CN(Cc1cnc[nH]1)C[C@H](Cc1ccccc1)NC(=O)OCc1cncs1)OCc1cncs1. The average Bonchev–Trinajstić information content (AvgIpc) is 3.85. The number of benzene rings is 2. The molecule has 0 saturated heterocycles. The summed E-state index contributed by atoms with van der Waals surface area (Å²) < 4.78 is 11.0. The molecule has 11 nitrogen and oxygen atoms in total. The van der Waals surface area contributed by atoms with Crippen LogP contribution in [0.4, 0.5) is 9.59 Å². The second-order valence-electron chi connectivity index (χ2n) is 10.4. The van der Waals surface area contributed by atoms with Crippen molar-refractivity contribution in [3.8, 4) is 0 Å². The minimum atomic E-state index is -0.503. The van der Waals surface area contributed by atoms with Crippen LogP contribution < -0.4 is 10.6 Å². The first-order valence-electron chi connectivity index (χ1n) is 14.5. The van der Waals surface area contributed by atoms with Gasteiger partial charge in [-0.25, -0.2) is 14.6 Å². The Morgan fingerprint density at radius 2 is 1.24 bits per heavy atom. The van der Waals surface area contributed by atoms with E-state index >= 15 is 0 Å². The van der Waals surface area contributed by atoms with Crippen LogP contribution in [0.25, 0.3) is 0 Å². The van der Waals surface area contributed by atoms with Crippen molar-refractivity contribution < 1.29 is 19.1 Å². The van der Waals surface area contributed by atoms with Crippen LogP contribution in [0.5, 0.6) is 0 Å². The van der Waals surface area contributed by atoms with Crippen molar-refractivity contribution >= 4 is 34.9 Å². The van der Waals surface area contributed by atoms with E-state index in [-0.39, 0.29) is 25.3 Å². The number of amides is 2. The topological polar surface area (TPSA) is 134 Å². The first-order valence-corrected chi connectivity index (χ1v) is 16.2. The predicted molar refractivity (Wildman–Crippen MR) is 173 cm³/mol. The number of hydrogen-bond acceptors (Lipinski definition) is 10. The van der Waals surface area contributed by atoms with Crippen molar-refractivity contribution in [1.29, 1.82) is 0 Å². The number of hydrogen-bond donors (Lipinski definition) is 3. The second kappa shape index (κ2) is 17.0. The van der Waals surface area contributed by atoms with Gasteiger partial charge in [0, 0.05) is 56.0 Å². The number of nitrogens with zero attached hydrogens (tertiary/aromatic N) is 4. The van der Waals surface area contributed by atoms with Gasteiger partial charge in [0.2, 0.25) is 0 Å². The van der Waals surface area contributed by atoms with E-state index < -0.39 is 12.2 Å². The lowest BCUT2D eigenvalue weighted by atomic mass is 10.0. The first kappa shape index (κ1) is 31.8. The van der Waals surface area contributed by atoms with E-state index in [2.05, 4.69) is 35.5 Å². The molecule has 2 amide bonds. The molecular weight excluding hydrogens is 611 g/mol. The standard InChI is InChI=1S/C32H35N7O4S2/c40-31(42-19-29-14-34-22-44-29)37-26(11-24-7-3-1-4-8-24)16-39(18-28-13-33-21-36-28)17-27(12-25-9-5-2-6-10-25)38-32(41)43-20-30-15-35-23-45-30/h1-10,13-15,21-23,26-27H,11-12,16-20H2,(H,33,36)(H,37,40)(H,38,41)/t26-,27-/m0/s1. The van der Waals surface area contributed by atoms with Crippen LogP contribution in [-0.4, -0.2) is 62.2 Å². The molecule has 3 N–H and O–H groups in total. The van der Waals surface area contributed by atoms with Gasteiger partial charge in [0.1, 0.15) is 13.2 Å². The minimum Gasteiger partial charge on any atom is -0.444 e. The molecule has 5 aromatic rings. The van der Waals surface area contributed by atoms with Crippen molar-refractivity contribution in [1.82, 2.24) is 35.5 Å². The van der Waals surface area contributed by atoms with E-state index in [9.17, 15) is 9.59 Å². The van der Waals surface area contributed by atoms with Gasteiger partial charge in [-0.2, -0.15) is 0 Å². The molecule has 3 aromatic heterocycles. The monoisotopic (exact) mass is 645 g/mol. The van der Waals surface area contributed by atoms with Crippen molar-refractivity contribution in [2.24, 2.45) is 0 Å². The molecule has 0 aliphatic heterocycles. The van der Waals surface area contributed by atoms with E-state index in [0.29, 0.717) is 32.5 Å². The maximum absolute atomic E-state index is 13.0. The Bertz CT molecular complexity index is 1440. The fourth-order valence-corrected chi connectivity index (χ4v) is 5.89. The van der Waals surface area contributed by atoms with Crippen molar-refractivity contribution in [2.45, 2.75) is 44.7 Å². The highest BCUT2D eigenvalue weighted by Gasteiger charge is 2.23. The highest BCUT2D eigenvalue weighted by molar-refractivity contribution is 7.09. The third-order valence-corrected chi connectivity index (χ3v) is 8.36. The molecule has 0 aliphatic rings. The summed E-state index contributed by atoms with van der Waals surface area (Å²) in [5, 5.41) is 6.15. The highest BCUT2D eigenvalue weighted by Crippen LogP contribution is 2.13. The maximum Gasteiger partial charge on any atom is 0.407 e. The number of carbonyl (C=O) groups is 2. The summed E-state index contributed by atoms with van der Waals surface area (Å²) in [7, 11) is 0. The second-order valence-corrected chi connectivity index (χ2v) is 12.4. The number of H-pyrrole nitrogens is 1. The summed E-state index contributed by atoms with van der Waals surface area (Å²) in [6.45, 7) is 1.78. The fourth-order valence-electron chi connectivity index (χ4n) is 4.88. The number of imidazole rings is 1. The van der Waals surface area contributed by atoms with Gasteiger partial charge >= 0.3 is 12.2 Å². The summed E-state index contributed by atoms with van der Waals surface area (Å²) in [6, 6.07) is 19.4. The Morgan fingerprint density at radius 1 is 0.733 bits per heavy atom. The molecule has 0 unspecified atom stereocenters. The van der Waals surface area contributed by atoms with Crippen LogP contribution in [0, 0.1) is 0 Å². The molecule has 3 heterocycles. The number of carbonyl (C=O) groups excluding carboxylic acids is 2. The summed E-state index contributed by atoms with van der Waals surface area (Å²) in [4.78, 5) is 45.3. The van der Waals surface area contributed by atoms with Crippen molar-refractivity contribution in [3.63, 3.8) is 0 Å². The molecule has 0 fully saturated rings. The average molecular weight is 646 g/mol. The summed E-state index contributed by atoms with van der Waals surface area (Å²) in [6.07, 6.45) is 6.96. The van der Waals surface area contributed by atoms with Crippen LogP contribution in [0.15, 0.2) is 96.6 Å². The van der Waals surface area contributed by atoms with E-state index in [1.807, 2.05) is 60.7 Å². The minimum absolute atomic E-state index is 0.152. The number of thiazole rings is 2. The lowest BCUT2D eigenvalue weighted by molar-refractivity contribution is 0.125. The molecular formula is C32H35N7O4S2. The molecule has 0 bridgehead atoms. The number of aromatic nitrogens is 4. The van der Waals surface area contributed by atoms with Gasteiger partial charge in [0.05, 0.1) is 27.1 Å². The number of rotatable bonds is 16. The van der Waals surface area contributed by atoms with Crippen LogP contribution in [-0.2, 0) is 42.1 Å². The van der Waals surface area contributed by atoms with Crippen LogP contribution in [0.1, 0.15) is 26.6 Å². The summed E-state index contributed by atoms with van der Waals surface area (Å²) in [5.74, 6) is 0. The van der Waals surface area contributed by atoms with E-state index in [0.717, 1.165) is 26.6 Å². The molecule has 2 aromatic carbocycles. The molecule has 5 rings (SSSR count). The Hall–Kier alpha value is -4.59. The van der Waals surface area contributed by atoms with Crippen molar-refractivity contribution in [3.05, 3.63) is 123 Å². The Kier molecular flexibility index (Phi) is 12.1. The Balaban J connectivity index is 1.32. The molecule has 0 spiro atoms. The van der Waals surface area contributed by atoms with Gasteiger partial charge in [-0.15, -0.1) is 22.7 Å². The lowest BCUT2D eigenvalue weighted by Gasteiger charge is -2.31.